The quantitative estimate of drug-likeness (QED) is 0.467. The average Bonchev–Trinajstić information content (AvgIpc) is 2.91. The number of thioether (sulfide) groups is 1. The number of carbonyl (C=O) groups excluding carboxylic acids is 1. The largest absolute Gasteiger partial charge is 0.446 e. The first-order valence-electron chi connectivity index (χ1n) is 8.92. The van der Waals surface area contributed by atoms with E-state index in [9.17, 15) is 26.4 Å². The van der Waals surface area contributed by atoms with Crippen molar-refractivity contribution in [1.29, 1.82) is 0 Å². The molecular formula is C20H19F3O4S2. The molecule has 1 aliphatic rings. The van der Waals surface area contributed by atoms with E-state index in [0.29, 0.717) is 24.0 Å². The van der Waals surface area contributed by atoms with E-state index in [1.165, 1.54) is 25.1 Å². The minimum atomic E-state index is -4.34. The number of benzene rings is 2. The van der Waals surface area contributed by atoms with E-state index in [0.717, 1.165) is 11.1 Å². The van der Waals surface area contributed by atoms with E-state index in [-0.39, 0.29) is 39.9 Å². The molecule has 29 heavy (non-hydrogen) atoms. The molecule has 0 aliphatic heterocycles. The molecule has 0 bridgehead atoms. The van der Waals surface area contributed by atoms with Crippen molar-refractivity contribution in [3.05, 3.63) is 58.7 Å². The van der Waals surface area contributed by atoms with E-state index < -0.39 is 15.6 Å². The molecule has 0 heterocycles. The van der Waals surface area contributed by atoms with Crippen LogP contribution in [0.3, 0.4) is 0 Å². The molecule has 0 fully saturated rings. The van der Waals surface area contributed by atoms with E-state index in [2.05, 4.69) is 0 Å². The summed E-state index contributed by atoms with van der Waals surface area (Å²) in [6.07, 6.45) is 0.891. The fourth-order valence-corrected chi connectivity index (χ4v) is 4.40. The molecule has 2 aromatic rings. The van der Waals surface area contributed by atoms with Crippen molar-refractivity contribution in [3.8, 4) is 5.75 Å². The topological polar surface area (TPSA) is 60.4 Å². The average molecular weight is 444 g/mol. The van der Waals surface area contributed by atoms with Gasteiger partial charge in [0.15, 0.2) is 5.78 Å². The fourth-order valence-electron chi connectivity index (χ4n) is 3.29. The smallest absolute Gasteiger partial charge is 0.382 e. The maximum atomic E-state index is 12.8. The van der Waals surface area contributed by atoms with Gasteiger partial charge >= 0.3 is 15.6 Å². The monoisotopic (exact) mass is 444 g/mol. The van der Waals surface area contributed by atoms with Gasteiger partial charge < -0.3 is 4.18 Å². The SMILES string of the molecule is CCS(=O)(=O)Oc1cc2c(cc1C)CC(Cc1ccc(SC(F)(F)F)cc1)C2=O. The minimum Gasteiger partial charge on any atom is -0.382 e. The van der Waals surface area contributed by atoms with Gasteiger partial charge in [-0.25, -0.2) is 0 Å². The van der Waals surface area contributed by atoms with E-state index in [1.54, 1.807) is 25.1 Å². The molecule has 4 nitrogen and oxygen atoms in total. The van der Waals surface area contributed by atoms with Crippen LogP contribution in [0.25, 0.3) is 0 Å². The lowest BCUT2D eigenvalue weighted by molar-refractivity contribution is -0.0328. The Balaban J connectivity index is 1.75. The van der Waals surface area contributed by atoms with Gasteiger partial charge in [-0.05, 0) is 73.3 Å². The fraction of sp³-hybridized carbons (Fsp3) is 0.350. The lowest BCUT2D eigenvalue weighted by Crippen LogP contribution is -2.13. The van der Waals surface area contributed by atoms with Gasteiger partial charge in [-0.15, -0.1) is 0 Å². The number of aryl methyl sites for hydroxylation is 1. The molecule has 0 saturated heterocycles. The van der Waals surface area contributed by atoms with Crippen molar-refractivity contribution in [1.82, 2.24) is 0 Å². The molecule has 0 saturated carbocycles. The number of rotatable bonds is 6. The van der Waals surface area contributed by atoms with Crippen LogP contribution in [0, 0.1) is 12.8 Å². The van der Waals surface area contributed by atoms with Crippen LogP contribution in [0.5, 0.6) is 5.75 Å². The second kappa shape index (κ2) is 8.02. The molecule has 0 aromatic heterocycles. The summed E-state index contributed by atoms with van der Waals surface area (Å²) in [6, 6.07) is 9.22. The maximum absolute atomic E-state index is 12.8. The molecule has 1 atom stereocenters. The Labute approximate surface area is 171 Å². The number of fused-ring (bicyclic) bond motifs is 1. The highest BCUT2D eigenvalue weighted by atomic mass is 32.2. The zero-order valence-corrected chi connectivity index (χ0v) is 17.4. The number of ketones is 1. The van der Waals surface area contributed by atoms with Crippen LogP contribution >= 0.6 is 11.8 Å². The minimum absolute atomic E-state index is 0.0943. The summed E-state index contributed by atoms with van der Waals surface area (Å²) in [5, 5.41) is 0. The molecule has 3 rings (SSSR count). The Kier molecular flexibility index (Phi) is 6.01. The van der Waals surface area contributed by atoms with Crippen molar-refractivity contribution in [2.45, 2.75) is 37.1 Å². The molecule has 0 amide bonds. The van der Waals surface area contributed by atoms with Gasteiger partial charge in [-0.2, -0.15) is 21.6 Å². The van der Waals surface area contributed by atoms with Gasteiger partial charge in [0.25, 0.3) is 0 Å². The van der Waals surface area contributed by atoms with Gasteiger partial charge in [-0.1, -0.05) is 18.2 Å². The molecular weight excluding hydrogens is 425 g/mol. The molecule has 0 spiro atoms. The van der Waals surface area contributed by atoms with Gasteiger partial charge in [0, 0.05) is 16.4 Å². The molecule has 1 unspecified atom stereocenters. The lowest BCUT2D eigenvalue weighted by atomic mass is 9.96. The molecule has 0 N–H and O–H groups in total. The summed E-state index contributed by atoms with van der Waals surface area (Å²) in [7, 11) is -3.70. The van der Waals surface area contributed by atoms with Crippen LogP contribution < -0.4 is 4.18 Å². The predicted octanol–water partition coefficient (Wildman–Crippen LogP) is 4.93. The van der Waals surface area contributed by atoms with E-state index >= 15 is 0 Å². The van der Waals surface area contributed by atoms with Crippen LogP contribution in [0.15, 0.2) is 41.3 Å². The highest BCUT2D eigenvalue weighted by Gasteiger charge is 2.32. The molecule has 9 heteroatoms. The summed E-state index contributed by atoms with van der Waals surface area (Å²) in [4.78, 5) is 12.9. The van der Waals surface area contributed by atoms with Crippen molar-refractivity contribution in [3.63, 3.8) is 0 Å². The number of carbonyl (C=O) groups is 1. The van der Waals surface area contributed by atoms with Crippen molar-refractivity contribution >= 4 is 27.7 Å². The van der Waals surface area contributed by atoms with Crippen LogP contribution in [0.1, 0.15) is 34.0 Å². The van der Waals surface area contributed by atoms with Crippen molar-refractivity contribution < 1.29 is 30.6 Å². The normalized spacial score (nSPS) is 16.7. The Hall–Kier alpha value is -2.00. The molecule has 1 aliphatic carbocycles. The molecule has 0 radical (unpaired) electrons. The highest BCUT2D eigenvalue weighted by molar-refractivity contribution is 8.00. The second-order valence-electron chi connectivity index (χ2n) is 6.87. The van der Waals surface area contributed by atoms with Crippen molar-refractivity contribution in [2.75, 3.05) is 5.75 Å². The number of hydrogen-bond donors (Lipinski definition) is 0. The van der Waals surface area contributed by atoms with Gasteiger partial charge in [0.05, 0.1) is 5.75 Å². The Morgan fingerprint density at radius 3 is 2.41 bits per heavy atom. The van der Waals surface area contributed by atoms with E-state index in [4.69, 9.17) is 4.18 Å². The Morgan fingerprint density at radius 1 is 1.17 bits per heavy atom. The van der Waals surface area contributed by atoms with E-state index in [1.807, 2.05) is 0 Å². The zero-order chi connectivity index (χ0) is 21.4. The Bertz CT molecular complexity index is 1030. The summed E-state index contributed by atoms with van der Waals surface area (Å²) >= 11 is -0.178. The van der Waals surface area contributed by atoms with Gasteiger partial charge in [0.1, 0.15) is 5.75 Å². The second-order valence-corrected chi connectivity index (χ2v) is 9.86. The van der Waals surface area contributed by atoms with Crippen LogP contribution in [0.4, 0.5) is 13.2 Å². The van der Waals surface area contributed by atoms with Crippen molar-refractivity contribution in [2.24, 2.45) is 5.92 Å². The number of halogens is 3. The third-order valence-electron chi connectivity index (χ3n) is 4.71. The number of alkyl halides is 3. The Morgan fingerprint density at radius 2 is 1.83 bits per heavy atom. The van der Waals surface area contributed by atoms with Crippen LogP contribution in [0.2, 0.25) is 0 Å². The first-order valence-corrected chi connectivity index (χ1v) is 11.3. The number of Topliss-reactive ketones (excluding diaryl/α,β-unsaturated/α-hetero) is 1. The van der Waals surface area contributed by atoms with Gasteiger partial charge in [0.2, 0.25) is 0 Å². The standard InChI is InChI=1S/C20H19F3O4S2/c1-3-29(25,26)27-18-11-17-14(8-12(18)2)10-15(19(17)24)9-13-4-6-16(7-5-13)28-20(21,22)23/h4-8,11,15H,3,9-10H2,1-2H3. The van der Waals surface area contributed by atoms with Gasteiger partial charge in [-0.3, -0.25) is 4.79 Å². The first kappa shape index (κ1) is 21.7. The summed E-state index contributed by atoms with van der Waals surface area (Å²) in [5.41, 5.74) is -1.69. The molecule has 156 valence electrons. The third-order valence-corrected chi connectivity index (χ3v) is 6.59. The zero-order valence-electron chi connectivity index (χ0n) is 15.7. The highest BCUT2D eigenvalue weighted by Crippen LogP contribution is 2.38. The van der Waals surface area contributed by atoms with Crippen LogP contribution in [-0.4, -0.2) is 25.5 Å². The summed E-state index contributed by atoms with van der Waals surface area (Å²) in [6.45, 7) is 3.19. The maximum Gasteiger partial charge on any atom is 0.446 e. The van der Waals surface area contributed by atoms with Crippen LogP contribution in [-0.2, 0) is 23.0 Å². The molecule has 2 aromatic carbocycles. The summed E-state index contributed by atoms with van der Waals surface area (Å²) < 4.78 is 65.9. The lowest BCUT2D eigenvalue weighted by Gasteiger charge is -2.10. The summed E-state index contributed by atoms with van der Waals surface area (Å²) in [5.74, 6) is -0.493. The number of hydrogen-bond acceptors (Lipinski definition) is 5. The predicted molar refractivity (Wildman–Crippen MR) is 105 cm³/mol. The first-order chi connectivity index (χ1) is 13.5. The third kappa shape index (κ3) is 5.33.